The van der Waals surface area contributed by atoms with E-state index in [1.807, 2.05) is 13.8 Å². The molecule has 0 saturated heterocycles. The first-order chi connectivity index (χ1) is 3.92. The molecule has 0 fully saturated rings. The second-order valence-corrected chi connectivity index (χ2v) is 7.98. The van der Waals surface area contributed by atoms with Gasteiger partial charge in [0.1, 0.15) is 0 Å². The number of rotatable bonds is 3. The predicted octanol–water partition coefficient (Wildman–Crippen LogP) is -5.67. The van der Waals surface area contributed by atoms with Gasteiger partial charge in [-0.25, -0.2) is 0 Å². The maximum atomic E-state index is 10.3. The molecule has 2 nitrogen and oxygen atoms in total. The van der Waals surface area contributed by atoms with Gasteiger partial charge in [-0.15, -0.1) is 11.8 Å². The van der Waals surface area contributed by atoms with Crippen LogP contribution in [0.15, 0.2) is 0 Å². The first-order valence-corrected chi connectivity index (χ1v) is 6.81. The second kappa shape index (κ2) is 9.47. The summed E-state index contributed by atoms with van der Waals surface area (Å²) in [6.45, 7) is 3.91. The molecule has 0 bridgehead atoms. The molecule has 0 amide bonds. The molecule has 0 aromatic rings. The first-order valence-electron chi connectivity index (χ1n) is 2.58. The fourth-order valence-electron chi connectivity index (χ4n) is 0.240. The summed E-state index contributed by atoms with van der Waals surface area (Å²) in [4.78, 5) is 20.7. The van der Waals surface area contributed by atoms with Crippen LogP contribution in [0.4, 0.5) is 0 Å². The molecule has 0 N–H and O–H groups in total. The van der Waals surface area contributed by atoms with Crippen LogP contribution in [0.25, 0.3) is 0 Å². The molecule has 0 unspecified atom stereocenters. The van der Waals surface area contributed by atoms with E-state index in [0.717, 1.165) is 11.4 Å². The molecule has 7 heteroatoms. The molecular weight excluding hydrogens is 221 g/mol. The summed E-state index contributed by atoms with van der Waals surface area (Å²) in [6.07, 6.45) is 0. The Morgan fingerprint density at radius 2 is 1.73 bits per heavy atom. The molecule has 11 heavy (non-hydrogen) atoms. The minimum atomic E-state index is -3.47. The van der Waals surface area contributed by atoms with Crippen molar-refractivity contribution in [1.29, 1.82) is 0 Å². The summed E-state index contributed by atoms with van der Waals surface area (Å²) < 4.78 is 0. The minimum absolute atomic E-state index is 0. The van der Waals surface area contributed by atoms with Crippen molar-refractivity contribution in [2.75, 3.05) is 5.75 Å². The van der Waals surface area contributed by atoms with Crippen molar-refractivity contribution in [2.45, 2.75) is 13.8 Å². The topological polar surface area (TPSA) is 46.1 Å². The Bertz CT molecular complexity index is 127. The fraction of sp³-hybridized carbons (Fsp3) is 1.00. The van der Waals surface area contributed by atoms with Gasteiger partial charge in [0.15, 0.2) is 0 Å². The van der Waals surface area contributed by atoms with Crippen molar-refractivity contribution in [3.05, 3.63) is 0 Å². The molecule has 0 aromatic heterocycles. The molecule has 0 spiro atoms. The van der Waals surface area contributed by atoms with Crippen LogP contribution in [-0.4, -0.2) is 5.75 Å². The van der Waals surface area contributed by atoms with E-state index in [1.54, 1.807) is 0 Å². The van der Waals surface area contributed by atoms with Crippen molar-refractivity contribution in [2.24, 2.45) is 5.92 Å². The van der Waals surface area contributed by atoms with E-state index in [4.69, 9.17) is 0 Å². The van der Waals surface area contributed by atoms with Crippen LogP contribution in [0.3, 0.4) is 0 Å². The average Bonchev–Trinajstić information content (AvgIpc) is 1.59. The minimum Gasteiger partial charge on any atom is -0.825 e. The Morgan fingerprint density at radius 1 is 1.36 bits per heavy atom. The Kier molecular flexibility index (Phi) is 16.8. The van der Waals surface area contributed by atoms with Crippen molar-refractivity contribution < 1.29 is 68.9 Å². The number of hydrogen-bond acceptors (Lipinski definition) is 4. The van der Waals surface area contributed by atoms with Crippen LogP contribution in [-0.2, 0) is 11.8 Å². The molecule has 0 radical (unpaired) electrons. The third-order valence-electron chi connectivity index (χ3n) is 0.566. The summed E-state index contributed by atoms with van der Waals surface area (Å²) >= 11 is 5.02. The van der Waals surface area contributed by atoms with Gasteiger partial charge in [-0.05, 0) is 11.7 Å². The summed E-state index contributed by atoms with van der Waals surface area (Å²) in [5.74, 6) is 0.991. The first kappa shape index (κ1) is 19.5. The van der Waals surface area contributed by atoms with Crippen LogP contribution < -0.4 is 68.9 Å². The third kappa shape index (κ3) is 19.4. The molecule has 0 atom stereocenters. The molecule has 0 aliphatic heterocycles. The van der Waals surface area contributed by atoms with E-state index in [0.29, 0.717) is 11.7 Å². The van der Waals surface area contributed by atoms with Gasteiger partial charge in [0.2, 0.25) is 0 Å². The summed E-state index contributed by atoms with van der Waals surface area (Å²) in [7, 11) is 0. The SMILES string of the molecule is CC(C)CSP([O-])([O-])=S.[Na+].[Na+]. The van der Waals surface area contributed by atoms with Crippen molar-refractivity contribution in [1.82, 2.24) is 0 Å². The Labute approximate surface area is 121 Å². The van der Waals surface area contributed by atoms with Gasteiger partial charge in [0.05, 0.1) is 0 Å². The van der Waals surface area contributed by atoms with Crippen LogP contribution in [0.5, 0.6) is 0 Å². The normalized spacial score (nSPS) is 10.3. The van der Waals surface area contributed by atoms with Gasteiger partial charge >= 0.3 is 59.1 Å². The van der Waals surface area contributed by atoms with Gasteiger partial charge < -0.3 is 9.79 Å². The molecule has 0 rings (SSSR count). The second-order valence-electron chi connectivity index (χ2n) is 2.14. The van der Waals surface area contributed by atoms with Crippen LogP contribution >= 0.6 is 17.1 Å². The Balaban J connectivity index is -0.000000320. The molecule has 56 valence electrons. The molecular formula is C4H9Na2O2PS2. The van der Waals surface area contributed by atoms with E-state index >= 15 is 0 Å². The van der Waals surface area contributed by atoms with Gasteiger partial charge in [0, 0.05) is 0 Å². The van der Waals surface area contributed by atoms with Gasteiger partial charge in [-0.1, -0.05) is 13.8 Å². The van der Waals surface area contributed by atoms with Crippen LogP contribution in [0, 0.1) is 5.92 Å². The van der Waals surface area contributed by atoms with E-state index in [-0.39, 0.29) is 59.1 Å². The van der Waals surface area contributed by atoms with Gasteiger partial charge in [0.25, 0.3) is 0 Å². The zero-order valence-corrected chi connectivity index (χ0v) is 13.9. The quantitative estimate of drug-likeness (QED) is 0.358. The molecule has 0 aromatic carbocycles. The smallest absolute Gasteiger partial charge is 0.825 e. The van der Waals surface area contributed by atoms with Gasteiger partial charge in [-0.3, -0.25) is 0 Å². The number of hydrogen-bond donors (Lipinski definition) is 0. The van der Waals surface area contributed by atoms with E-state index in [1.165, 1.54) is 0 Å². The molecule has 0 aliphatic carbocycles. The molecule has 0 heterocycles. The fourth-order valence-corrected chi connectivity index (χ4v) is 2.71. The van der Waals surface area contributed by atoms with Crippen molar-refractivity contribution in [3.63, 3.8) is 0 Å². The molecule has 0 saturated carbocycles. The summed E-state index contributed by atoms with van der Waals surface area (Å²) in [5.41, 5.74) is -3.47. The maximum absolute atomic E-state index is 10.3. The predicted molar refractivity (Wildman–Crippen MR) is 41.6 cm³/mol. The van der Waals surface area contributed by atoms with Crippen LogP contribution in [0.1, 0.15) is 13.8 Å². The summed E-state index contributed by atoms with van der Waals surface area (Å²) in [5, 5.41) is 0. The third-order valence-corrected chi connectivity index (χ3v) is 4.04. The van der Waals surface area contributed by atoms with E-state index in [2.05, 4.69) is 11.8 Å². The monoisotopic (exact) mass is 230 g/mol. The van der Waals surface area contributed by atoms with Crippen LogP contribution in [0.2, 0.25) is 0 Å². The molecule has 0 aliphatic rings. The Hall–Kier alpha value is 2.92. The largest absolute Gasteiger partial charge is 1.00 e. The maximum Gasteiger partial charge on any atom is 1.00 e. The standard InChI is InChI=1S/C4H11O2PS2.2Na/c1-4(2)3-9-7(5,6)8;;/h4H,3H2,1-2H3,(H2,5,6,8);;/q;2*+1/p-2. The average molecular weight is 230 g/mol. The van der Waals surface area contributed by atoms with E-state index < -0.39 is 5.69 Å². The summed E-state index contributed by atoms with van der Waals surface area (Å²) in [6, 6.07) is 0. The van der Waals surface area contributed by atoms with Gasteiger partial charge in [-0.2, -0.15) is 17.1 Å². The van der Waals surface area contributed by atoms with Crippen molar-refractivity contribution >= 4 is 28.9 Å². The zero-order chi connectivity index (χ0) is 7.49. The zero-order valence-electron chi connectivity index (χ0n) is 7.36. The van der Waals surface area contributed by atoms with Crippen molar-refractivity contribution in [3.8, 4) is 0 Å². The Morgan fingerprint density at radius 3 is 1.82 bits per heavy atom. The van der Waals surface area contributed by atoms with E-state index in [9.17, 15) is 9.79 Å².